The van der Waals surface area contributed by atoms with Gasteiger partial charge in [0.05, 0.1) is 30.1 Å². The van der Waals surface area contributed by atoms with Crippen LogP contribution in [0.1, 0.15) is 24.6 Å². The van der Waals surface area contributed by atoms with Crippen molar-refractivity contribution in [1.82, 2.24) is 14.3 Å². The van der Waals surface area contributed by atoms with E-state index < -0.39 is 5.60 Å². The van der Waals surface area contributed by atoms with Gasteiger partial charge in [-0.2, -0.15) is 0 Å². The molecule has 2 aliphatic heterocycles. The molecule has 5 rings (SSSR count). The molecule has 3 aromatic rings. The molecule has 0 spiro atoms. The van der Waals surface area contributed by atoms with Gasteiger partial charge in [-0.25, -0.2) is 0 Å². The molecule has 1 amide bonds. The highest BCUT2D eigenvalue weighted by atomic mass is 35.5. The summed E-state index contributed by atoms with van der Waals surface area (Å²) in [5, 5.41) is 4.81. The summed E-state index contributed by atoms with van der Waals surface area (Å²) in [4.78, 5) is 25.7. The van der Waals surface area contributed by atoms with Gasteiger partial charge in [-0.1, -0.05) is 35.0 Å². The van der Waals surface area contributed by atoms with Crippen LogP contribution in [-0.2, 0) is 20.8 Å². The van der Waals surface area contributed by atoms with Gasteiger partial charge in [-0.15, -0.1) is 0 Å². The Morgan fingerprint density at radius 3 is 3.00 bits per heavy atom. The lowest BCUT2D eigenvalue weighted by Crippen LogP contribution is -2.49. The van der Waals surface area contributed by atoms with E-state index in [-0.39, 0.29) is 11.8 Å². The van der Waals surface area contributed by atoms with Crippen LogP contribution in [0.2, 0.25) is 5.02 Å². The molecule has 32 heavy (non-hydrogen) atoms. The van der Waals surface area contributed by atoms with Gasteiger partial charge in [-0.05, 0) is 31.5 Å². The van der Waals surface area contributed by atoms with Gasteiger partial charge in [0.25, 0.3) is 5.91 Å². The van der Waals surface area contributed by atoms with Crippen molar-refractivity contribution in [3.05, 3.63) is 71.3 Å². The van der Waals surface area contributed by atoms with Crippen molar-refractivity contribution in [2.24, 2.45) is 11.1 Å². The van der Waals surface area contributed by atoms with Crippen LogP contribution in [0.4, 0.5) is 0 Å². The van der Waals surface area contributed by atoms with E-state index in [2.05, 4.69) is 20.6 Å². The first-order chi connectivity index (χ1) is 15.5. The third-order valence-electron chi connectivity index (χ3n) is 6.14. The van der Waals surface area contributed by atoms with Gasteiger partial charge in [0, 0.05) is 54.6 Å². The van der Waals surface area contributed by atoms with Crippen molar-refractivity contribution in [3.63, 3.8) is 0 Å². The molecule has 2 aromatic heterocycles. The molecule has 8 heteroatoms. The van der Waals surface area contributed by atoms with Gasteiger partial charge < -0.3 is 18.9 Å². The zero-order valence-electron chi connectivity index (χ0n) is 17.9. The molecule has 0 unspecified atom stereocenters. The zero-order valence-corrected chi connectivity index (χ0v) is 18.7. The number of rotatable bonds is 4. The first-order valence-electron chi connectivity index (χ1n) is 10.8. The third-order valence-corrected chi connectivity index (χ3v) is 6.47. The molecule has 4 heterocycles. The van der Waals surface area contributed by atoms with Crippen LogP contribution >= 0.6 is 11.6 Å². The number of hydrogen-bond acceptors (Lipinski definition) is 5. The van der Waals surface area contributed by atoms with Gasteiger partial charge in [0.2, 0.25) is 5.60 Å². The molecule has 2 atom stereocenters. The van der Waals surface area contributed by atoms with Crippen LogP contribution < -0.4 is 0 Å². The molecular weight excluding hydrogens is 428 g/mol. The molecule has 0 radical (unpaired) electrons. The fourth-order valence-corrected chi connectivity index (χ4v) is 4.72. The second-order valence-electron chi connectivity index (χ2n) is 8.59. The zero-order chi connectivity index (χ0) is 22.1. The summed E-state index contributed by atoms with van der Waals surface area (Å²) in [6, 6.07) is 11.5. The van der Waals surface area contributed by atoms with E-state index in [1.54, 1.807) is 6.92 Å². The lowest BCUT2D eigenvalue weighted by molar-refractivity contribution is -0.153. The van der Waals surface area contributed by atoms with Crippen LogP contribution in [0, 0.1) is 5.92 Å². The first-order valence-corrected chi connectivity index (χ1v) is 11.2. The van der Waals surface area contributed by atoms with Crippen molar-refractivity contribution in [1.29, 1.82) is 0 Å². The molecule has 0 saturated carbocycles. The van der Waals surface area contributed by atoms with Gasteiger partial charge in [0.15, 0.2) is 0 Å². The molecule has 166 valence electrons. The summed E-state index contributed by atoms with van der Waals surface area (Å²) in [7, 11) is 0. The second-order valence-corrected chi connectivity index (χ2v) is 8.99. The minimum absolute atomic E-state index is 0.0762. The minimum Gasteiger partial charge on any atom is -0.379 e. The summed E-state index contributed by atoms with van der Waals surface area (Å²) in [5.41, 5.74) is 2.53. The summed E-state index contributed by atoms with van der Waals surface area (Å²) in [5.74, 6) is 0.0664. The molecule has 0 aliphatic carbocycles. The van der Waals surface area contributed by atoms with Gasteiger partial charge >= 0.3 is 0 Å². The normalized spacial score (nSPS) is 23.6. The molecule has 0 N–H and O–H groups in total. The third kappa shape index (κ3) is 3.98. The number of ether oxygens (including phenoxy) is 1. The Balaban J connectivity index is 1.30. The van der Waals surface area contributed by atoms with Crippen LogP contribution in [0.5, 0.6) is 0 Å². The SMILES string of the molecule is C[C@@]1(C(=O)N2CCOC[C@H](Cc3nccn4cccc34)C2)CC(c2ccccc2Cl)=NO1. The highest BCUT2D eigenvalue weighted by Gasteiger charge is 2.45. The maximum atomic E-state index is 13.5. The van der Waals surface area contributed by atoms with Crippen molar-refractivity contribution in [2.45, 2.75) is 25.4 Å². The number of benzene rings is 1. The average molecular weight is 453 g/mol. The summed E-state index contributed by atoms with van der Waals surface area (Å²) >= 11 is 6.32. The monoisotopic (exact) mass is 452 g/mol. The van der Waals surface area contributed by atoms with E-state index in [4.69, 9.17) is 21.2 Å². The Labute approximate surface area is 191 Å². The lowest BCUT2D eigenvalue weighted by atomic mass is 9.93. The predicted octanol–water partition coefficient (Wildman–Crippen LogP) is 3.59. The molecular formula is C24H25ClN4O3. The number of nitrogens with zero attached hydrogens (tertiary/aromatic N) is 4. The van der Waals surface area contributed by atoms with E-state index in [0.717, 1.165) is 23.2 Å². The summed E-state index contributed by atoms with van der Waals surface area (Å²) in [6.07, 6.45) is 6.87. The fourth-order valence-electron chi connectivity index (χ4n) is 4.48. The number of halogens is 1. The topological polar surface area (TPSA) is 68.4 Å². The van der Waals surface area contributed by atoms with E-state index in [1.807, 2.05) is 53.8 Å². The van der Waals surface area contributed by atoms with Gasteiger partial charge in [-0.3, -0.25) is 9.78 Å². The molecule has 1 aromatic carbocycles. The Morgan fingerprint density at radius 1 is 1.25 bits per heavy atom. The number of fused-ring (bicyclic) bond motifs is 1. The quantitative estimate of drug-likeness (QED) is 0.606. The van der Waals surface area contributed by atoms with E-state index in [9.17, 15) is 4.79 Å². The Hall–Kier alpha value is -2.90. The maximum Gasteiger partial charge on any atom is 0.269 e. The van der Waals surface area contributed by atoms with E-state index in [0.29, 0.717) is 43.5 Å². The second kappa shape index (κ2) is 8.56. The van der Waals surface area contributed by atoms with E-state index >= 15 is 0 Å². The van der Waals surface area contributed by atoms with Crippen molar-refractivity contribution >= 4 is 28.7 Å². The van der Waals surface area contributed by atoms with Crippen molar-refractivity contribution in [3.8, 4) is 0 Å². The largest absolute Gasteiger partial charge is 0.379 e. The fraction of sp³-hybridized carbons (Fsp3) is 0.375. The lowest BCUT2D eigenvalue weighted by Gasteiger charge is -2.30. The Morgan fingerprint density at radius 2 is 2.12 bits per heavy atom. The summed E-state index contributed by atoms with van der Waals surface area (Å²) < 4.78 is 7.90. The van der Waals surface area contributed by atoms with Crippen LogP contribution in [0.3, 0.4) is 0 Å². The number of carbonyl (C=O) groups excluding carboxylic acids is 1. The van der Waals surface area contributed by atoms with Crippen LogP contribution in [0.25, 0.3) is 5.52 Å². The Kier molecular flexibility index (Phi) is 5.61. The molecule has 2 aliphatic rings. The van der Waals surface area contributed by atoms with E-state index in [1.165, 1.54) is 0 Å². The number of hydrogen-bond donors (Lipinski definition) is 0. The van der Waals surface area contributed by atoms with Crippen molar-refractivity contribution < 1.29 is 14.4 Å². The van der Waals surface area contributed by atoms with Crippen LogP contribution in [0.15, 0.2) is 60.1 Å². The standard InChI is InChI=1S/C24H25ClN4O3/c1-24(14-21(27-32-24)18-5-2-3-6-19(18)25)23(30)29-11-12-31-16-17(15-29)13-20-22-7-4-9-28(22)10-8-26-20/h2-10,17H,11-16H2,1H3/t17-,24+/m1/s1. The number of amides is 1. The minimum atomic E-state index is -1.05. The number of aromatic nitrogens is 2. The molecule has 7 nitrogen and oxygen atoms in total. The Bertz CT molecular complexity index is 1180. The molecule has 1 saturated heterocycles. The van der Waals surface area contributed by atoms with Crippen molar-refractivity contribution in [2.75, 3.05) is 26.3 Å². The smallest absolute Gasteiger partial charge is 0.269 e. The highest BCUT2D eigenvalue weighted by Crippen LogP contribution is 2.31. The highest BCUT2D eigenvalue weighted by molar-refractivity contribution is 6.34. The average Bonchev–Trinajstić information content (AvgIpc) is 3.37. The molecule has 0 bridgehead atoms. The number of carbonyl (C=O) groups is 1. The maximum absolute atomic E-state index is 13.5. The van der Waals surface area contributed by atoms with Gasteiger partial charge in [0.1, 0.15) is 0 Å². The first kappa shape index (κ1) is 21.0. The summed E-state index contributed by atoms with van der Waals surface area (Å²) in [6.45, 7) is 4.00. The number of oxime groups is 1. The molecule has 1 fully saturated rings. The predicted molar refractivity (Wildman–Crippen MR) is 122 cm³/mol. The van der Waals surface area contributed by atoms with Crippen LogP contribution in [-0.4, -0.2) is 57.8 Å².